The van der Waals surface area contributed by atoms with Gasteiger partial charge in [-0.2, -0.15) is 5.10 Å². The Bertz CT molecular complexity index is 501. The van der Waals surface area contributed by atoms with E-state index in [1.807, 2.05) is 13.0 Å². The minimum Gasteiger partial charge on any atom is -0.379 e. The van der Waals surface area contributed by atoms with Gasteiger partial charge in [0.25, 0.3) is 0 Å². The van der Waals surface area contributed by atoms with Crippen LogP contribution in [0.15, 0.2) is 35.4 Å². The molecule has 6 heteroatoms. The lowest BCUT2D eigenvalue weighted by Crippen LogP contribution is -2.42. The molecule has 126 valence electrons. The highest BCUT2D eigenvalue weighted by molar-refractivity contribution is 7.80. The Hall–Kier alpha value is -1.50. The van der Waals surface area contributed by atoms with Crippen LogP contribution in [0.4, 0.5) is 0 Å². The van der Waals surface area contributed by atoms with Crippen LogP contribution in [0.1, 0.15) is 18.9 Å². The molecule has 0 radical (unpaired) electrons. The zero-order chi connectivity index (χ0) is 16.3. The molecular formula is C17H26N4OS. The summed E-state index contributed by atoms with van der Waals surface area (Å²) in [5, 5.41) is 8.10. The molecule has 0 atom stereocenters. The third-order valence-corrected chi connectivity index (χ3v) is 4.02. The lowest BCUT2D eigenvalue weighted by Gasteiger charge is -2.26. The minimum atomic E-state index is 0.581. The van der Waals surface area contributed by atoms with Crippen molar-refractivity contribution in [2.24, 2.45) is 5.10 Å². The van der Waals surface area contributed by atoms with Crippen molar-refractivity contribution in [2.75, 3.05) is 39.4 Å². The summed E-state index contributed by atoms with van der Waals surface area (Å²) < 4.78 is 5.33. The highest BCUT2D eigenvalue weighted by Gasteiger charge is 2.09. The molecule has 1 aromatic rings. The Labute approximate surface area is 144 Å². The highest BCUT2D eigenvalue weighted by Crippen LogP contribution is 2.03. The van der Waals surface area contributed by atoms with Gasteiger partial charge in [0.1, 0.15) is 0 Å². The second-order valence-electron chi connectivity index (χ2n) is 5.65. The summed E-state index contributed by atoms with van der Waals surface area (Å²) in [5.41, 5.74) is 5.30. The standard InChI is InChI=1S/C17H26N4OS/c1-15(7-8-16-5-3-2-4-6-16)19-20-17(23)18-9-10-21-11-13-22-14-12-21/h2-6H,7-14H2,1H3,(H2,18,20,23)/b19-15-. The van der Waals surface area contributed by atoms with Crippen LogP contribution in [0.3, 0.4) is 0 Å². The van der Waals surface area contributed by atoms with Crippen LogP contribution >= 0.6 is 12.2 Å². The smallest absolute Gasteiger partial charge is 0.186 e. The van der Waals surface area contributed by atoms with Crippen LogP contribution in [0.5, 0.6) is 0 Å². The van der Waals surface area contributed by atoms with E-state index in [-0.39, 0.29) is 0 Å². The van der Waals surface area contributed by atoms with Gasteiger partial charge in [-0.15, -0.1) is 0 Å². The van der Waals surface area contributed by atoms with Crippen LogP contribution in [-0.4, -0.2) is 55.1 Å². The number of nitrogens with one attached hydrogen (secondary N) is 2. The molecule has 1 saturated heterocycles. The van der Waals surface area contributed by atoms with E-state index in [1.165, 1.54) is 5.56 Å². The number of hydrazone groups is 1. The van der Waals surface area contributed by atoms with Gasteiger partial charge in [0.05, 0.1) is 13.2 Å². The number of hydrogen-bond donors (Lipinski definition) is 2. The van der Waals surface area contributed by atoms with Gasteiger partial charge >= 0.3 is 0 Å². The molecule has 1 aliphatic heterocycles. The first-order valence-corrected chi connectivity index (χ1v) is 8.56. The molecule has 1 aliphatic rings. The zero-order valence-electron chi connectivity index (χ0n) is 13.8. The first-order valence-electron chi connectivity index (χ1n) is 8.15. The molecule has 0 spiro atoms. The number of nitrogens with zero attached hydrogens (tertiary/aromatic N) is 2. The largest absolute Gasteiger partial charge is 0.379 e. The maximum Gasteiger partial charge on any atom is 0.186 e. The van der Waals surface area contributed by atoms with Gasteiger partial charge in [-0.1, -0.05) is 30.3 Å². The molecule has 1 heterocycles. The SMILES string of the molecule is C/C(CCc1ccccc1)=N/NC(=S)NCCN1CCOCC1. The van der Waals surface area contributed by atoms with Crippen LogP contribution < -0.4 is 10.7 Å². The summed E-state index contributed by atoms with van der Waals surface area (Å²) in [4.78, 5) is 2.37. The summed E-state index contributed by atoms with van der Waals surface area (Å²) in [6.45, 7) is 7.47. The quantitative estimate of drug-likeness (QED) is 0.452. The number of aryl methyl sites for hydroxylation is 1. The molecule has 0 saturated carbocycles. The predicted molar refractivity (Wildman–Crippen MR) is 98.9 cm³/mol. The molecule has 0 aliphatic carbocycles. The van der Waals surface area contributed by atoms with Gasteiger partial charge < -0.3 is 10.1 Å². The molecule has 5 nitrogen and oxygen atoms in total. The number of rotatable bonds is 7. The zero-order valence-corrected chi connectivity index (χ0v) is 14.6. The molecule has 2 N–H and O–H groups in total. The summed E-state index contributed by atoms with van der Waals surface area (Å²) in [6, 6.07) is 10.4. The van der Waals surface area contributed by atoms with E-state index in [9.17, 15) is 0 Å². The van der Waals surface area contributed by atoms with Crippen molar-refractivity contribution in [1.29, 1.82) is 0 Å². The van der Waals surface area contributed by atoms with Crippen molar-refractivity contribution in [2.45, 2.75) is 19.8 Å². The predicted octanol–water partition coefficient (Wildman–Crippen LogP) is 1.79. The van der Waals surface area contributed by atoms with Crippen molar-refractivity contribution in [3.05, 3.63) is 35.9 Å². The van der Waals surface area contributed by atoms with E-state index in [0.717, 1.165) is 57.9 Å². The van der Waals surface area contributed by atoms with Crippen molar-refractivity contribution in [3.8, 4) is 0 Å². The van der Waals surface area contributed by atoms with Gasteiger partial charge in [-0.05, 0) is 37.5 Å². The van der Waals surface area contributed by atoms with Crippen LogP contribution in [-0.2, 0) is 11.2 Å². The molecule has 0 amide bonds. The molecule has 0 aromatic heterocycles. The van der Waals surface area contributed by atoms with Gasteiger partial charge in [0.15, 0.2) is 5.11 Å². The lowest BCUT2D eigenvalue weighted by molar-refractivity contribution is 0.0389. The van der Waals surface area contributed by atoms with Gasteiger partial charge in [-0.3, -0.25) is 10.3 Å². The van der Waals surface area contributed by atoms with E-state index < -0.39 is 0 Å². The van der Waals surface area contributed by atoms with Crippen molar-refractivity contribution in [3.63, 3.8) is 0 Å². The Balaban J connectivity index is 1.58. The number of benzene rings is 1. The molecule has 23 heavy (non-hydrogen) atoms. The Morgan fingerprint density at radius 3 is 2.74 bits per heavy atom. The average Bonchev–Trinajstić information content (AvgIpc) is 2.60. The normalized spacial score (nSPS) is 16.1. The summed E-state index contributed by atoms with van der Waals surface area (Å²) in [6.07, 6.45) is 1.92. The van der Waals surface area contributed by atoms with E-state index >= 15 is 0 Å². The van der Waals surface area contributed by atoms with Crippen molar-refractivity contribution in [1.82, 2.24) is 15.6 Å². The van der Waals surface area contributed by atoms with Crippen LogP contribution in [0, 0.1) is 0 Å². The number of thiocarbonyl (C=S) groups is 1. The molecule has 0 bridgehead atoms. The first kappa shape index (κ1) is 17.8. The molecule has 1 aromatic carbocycles. The lowest BCUT2D eigenvalue weighted by atomic mass is 10.1. The fourth-order valence-corrected chi connectivity index (χ4v) is 2.51. The Morgan fingerprint density at radius 1 is 1.26 bits per heavy atom. The van der Waals surface area contributed by atoms with Crippen molar-refractivity contribution < 1.29 is 4.74 Å². The summed E-state index contributed by atoms with van der Waals surface area (Å²) in [5.74, 6) is 0. The molecule has 2 rings (SSSR count). The topological polar surface area (TPSA) is 48.9 Å². The highest BCUT2D eigenvalue weighted by atomic mass is 32.1. The van der Waals surface area contributed by atoms with Crippen LogP contribution in [0.2, 0.25) is 0 Å². The third kappa shape index (κ3) is 7.54. The maximum absolute atomic E-state index is 5.33. The van der Waals surface area contributed by atoms with Gasteiger partial charge in [-0.25, -0.2) is 0 Å². The van der Waals surface area contributed by atoms with Gasteiger partial charge in [0.2, 0.25) is 0 Å². The number of hydrogen-bond acceptors (Lipinski definition) is 4. The third-order valence-electron chi connectivity index (χ3n) is 3.78. The average molecular weight is 334 g/mol. The molecule has 1 fully saturated rings. The van der Waals surface area contributed by atoms with Crippen LogP contribution in [0.25, 0.3) is 0 Å². The number of morpholine rings is 1. The molecular weight excluding hydrogens is 308 g/mol. The summed E-state index contributed by atoms with van der Waals surface area (Å²) in [7, 11) is 0. The fraction of sp³-hybridized carbons (Fsp3) is 0.529. The van der Waals surface area contributed by atoms with E-state index in [1.54, 1.807) is 0 Å². The summed E-state index contributed by atoms with van der Waals surface area (Å²) >= 11 is 5.24. The first-order chi connectivity index (χ1) is 11.2. The Morgan fingerprint density at radius 2 is 2.00 bits per heavy atom. The van der Waals surface area contributed by atoms with E-state index in [4.69, 9.17) is 17.0 Å². The maximum atomic E-state index is 5.33. The van der Waals surface area contributed by atoms with E-state index in [2.05, 4.69) is 45.0 Å². The second kappa shape index (κ2) is 10.3. The molecule has 0 unspecified atom stereocenters. The number of ether oxygens (including phenoxy) is 1. The second-order valence-corrected chi connectivity index (χ2v) is 6.06. The van der Waals surface area contributed by atoms with Crippen molar-refractivity contribution >= 4 is 23.0 Å². The van der Waals surface area contributed by atoms with E-state index in [0.29, 0.717) is 5.11 Å². The Kier molecular flexibility index (Phi) is 8.00. The monoisotopic (exact) mass is 334 g/mol. The van der Waals surface area contributed by atoms with Gasteiger partial charge in [0, 0.05) is 31.9 Å². The fourth-order valence-electron chi connectivity index (χ4n) is 2.36. The minimum absolute atomic E-state index is 0.581.